The summed E-state index contributed by atoms with van der Waals surface area (Å²) in [6, 6.07) is 3.70. The fourth-order valence-electron chi connectivity index (χ4n) is 3.52. The van der Waals surface area contributed by atoms with Crippen molar-refractivity contribution >= 4 is 5.91 Å². The summed E-state index contributed by atoms with van der Waals surface area (Å²) in [5.74, 6) is 0.257. The fourth-order valence-corrected chi connectivity index (χ4v) is 3.52. The maximum Gasteiger partial charge on any atom is 0.293 e. The average Bonchev–Trinajstić information content (AvgIpc) is 2.91. The molecule has 2 aliphatic heterocycles. The molecule has 0 bridgehead atoms. The molecule has 1 N–H and O–H groups in total. The van der Waals surface area contributed by atoms with Crippen LogP contribution in [0, 0.1) is 0 Å². The van der Waals surface area contributed by atoms with Crippen molar-refractivity contribution in [2.24, 2.45) is 0 Å². The van der Waals surface area contributed by atoms with Crippen molar-refractivity contribution in [2.45, 2.75) is 44.6 Å². The molecule has 0 spiro atoms. The van der Waals surface area contributed by atoms with Crippen molar-refractivity contribution in [1.29, 1.82) is 0 Å². The topological polar surface area (TPSA) is 63.6 Å². The van der Waals surface area contributed by atoms with Crippen LogP contribution in [0.15, 0.2) is 23.1 Å². The van der Waals surface area contributed by atoms with Gasteiger partial charge in [0.15, 0.2) is 12.4 Å². The number of rotatable bonds is 4. The molecule has 0 saturated carbocycles. The SMILES string of the molecule is O=C(COc1cccn(C2CCNCC2)c1=O)N1CCCCCC1. The van der Waals surface area contributed by atoms with Gasteiger partial charge in [0.25, 0.3) is 11.5 Å². The van der Waals surface area contributed by atoms with Crippen LogP contribution >= 0.6 is 0 Å². The van der Waals surface area contributed by atoms with Crippen LogP contribution in [0.3, 0.4) is 0 Å². The van der Waals surface area contributed by atoms with Crippen molar-refractivity contribution in [1.82, 2.24) is 14.8 Å². The molecule has 3 rings (SSSR count). The number of pyridine rings is 1. The number of nitrogens with one attached hydrogen (secondary N) is 1. The Morgan fingerprint density at radius 3 is 2.58 bits per heavy atom. The molecular formula is C18H27N3O3. The van der Waals surface area contributed by atoms with Gasteiger partial charge in [0.05, 0.1) is 0 Å². The van der Waals surface area contributed by atoms with E-state index in [0.29, 0.717) is 0 Å². The third kappa shape index (κ3) is 4.17. The molecule has 2 fully saturated rings. The lowest BCUT2D eigenvalue weighted by molar-refractivity contribution is -0.133. The van der Waals surface area contributed by atoms with Gasteiger partial charge in [-0.1, -0.05) is 12.8 Å². The van der Waals surface area contributed by atoms with E-state index >= 15 is 0 Å². The quantitative estimate of drug-likeness (QED) is 0.908. The molecule has 2 aliphatic rings. The maximum absolute atomic E-state index is 12.6. The predicted octanol–water partition coefficient (Wildman–Crippen LogP) is 1.55. The summed E-state index contributed by atoms with van der Waals surface area (Å²) in [5, 5.41) is 3.30. The lowest BCUT2D eigenvalue weighted by atomic mass is 10.1. The van der Waals surface area contributed by atoms with Gasteiger partial charge < -0.3 is 19.5 Å². The number of ether oxygens (including phenoxy) is 1. The standard InChI is InChI=1S/C18H27N3O3/c22-17(20-11-3-1-2-4-12-20)14-24-16-6-5-13-21(18(16)23)15-7-9-19-10-8-15/h5-6,13,15,19H,1-4,7-12,14H2. The van der Waals surface area contributed by atoms with E-state index < -0.39 is 0 Å². The first-order valence-electron chi connectivity index (χ1n) is 9.08. The van der Waals surface area contributed by atoms with Crippen LogP contribution in [-0.4, -0.2) is 48.2 Å². The molecule has 1 aromatic rings. The number of likely N-dealkylation sites (tertiary alicyclic amines) is 1. The number of carbonyl (C=O) groups excluding carboxylic acids is 1. The monoisotopic (exact) mass is 333 g/mol. The third-order valence-corrected chi connectivity index (χ3v) is 4.95. The summed E-state index contributed by atoms with van der Waals surface area (Å²) >= 11 is 0. The molecule has 24 heavy (non-hydrogen) atoms. The minimum Gasteiger partial charge on any atom is -0.478 e. The Hall–Kier alpha value is -1.82. The Kier molecular flexibility index (Phi) is 5.91. The minimum atomic E-state index is -0.131. The van der Waals surface area contributed by atoms with Crippen LogP contribution in [0.25, 0.3) is 0 Å². The van der Waals surface area contributed by atoms with E-state index in [1.807, 2.05) is 17.2 Å². The van der Waals surface area contributed by atoms with Gasteiger partial charge in [-0.2, -0.15) is 0 Å². The fraction of sp³-hybridized carbons (Fsp3) is 0.667. The number of piperidine rings is 1. The van der Waals surface area contributed by atoms with E-state index in [1.54, 1.807) is 10.6 Å². The van der Waals surface area contributed by atoms with Crippen LogP contribution in [0.1, 0.15) is 44.6 Å². The van der Waals surface area contributed by atoms with Crippen molar-refractivity contribution < 1.29 is 9.53 Å². The molecule has 3 heterocycles. The van der Waals surface area contributed by atoms with E-state index in [1.165, 1.54) is 12.8 Å². The van der Waals surface area contributed by atoms with Gasteiger partial charge in [-0.25, -0.2) is 0 Å². The van der Waals surface area contributed by atoms with Gasteiger partial charge in [0.1, 0.15) is 0 Å². The van der Waals surface area contributed by atoms with Crippen LogP contribution in [0.4, 0.5) is 0 Å². The molecule has 2 saturated heterocycles. The number of carbonyl (C=O) groups is 1. The summed E-state index contributed by atoms with van der Waals surface area (Å²) in [4.78, 5) is 26.8. The second kappa shape index (κ2) is 8.33. The first kappa shape index (κ1) is 17.0. The molecule has 6 nitrogen and oxygen atoms in total. The summed E-state index contributed by atoms with van der Waals surface area (Å²) in [7, 11) is 0. The molecule has 0 aromatic carbocycles. The van der Waals surface area contributed by atoms with Crippen LogP contribution in [0.5, 0.6) is 5.75 Å². The van der Waals surface area contributed by atoms with Crippen LogP contribution < -0.4 is 15.6 Å². The van der Waals surface area contributed by atoms with E-state index in [0.717, 1.165) is 51.9 Å². The zero-order valence-electron chi connectivity index (χ0n) is 14.2. The summed E-state index contributed by atoms with van der Waals surface area (Å²) in [6.45, 7) is 3.41. The number of aromatic nitrogens is 1. The van der Waals surface area contributed by atoms with Gasteiger partial charge in [0, 0.05) is 25.3 Å². The Labute approximate surface area is 142 Å². The smallest absolute Gasteiger partial charge is 0.293 e. The van der Waals surface area contributed by atoms with E-state index in [-0.39, 0.29) is 29.9 Å². The molecule has 1 amide bonds. The molecule has 132 valence electrons. The van der Waals surface area contributed by atoms with Crippen molar-refractivity contribution in [3.8, 4) is 5.75 Å². The first-order chi connectivity index (χ1) is 11.8. The van der Waals surface area contributed by atoms with Crippen molar-refractivity contribution in [3.63, 3.8) is 0 Å². The Balaban J connectivity index is 1.62. The highest BCUT2D eigenvalue weighted by Gasteiger charge is 2.19. The van der Waals surface area contributed by atoms with Crippen LogP contribution in [0.2, 0.25) is 0 Å². The van der Waals surface area contributed by atoms with E-state index in [9.17, 15) is 9.59 Å². The van der Waals surface area contributed by atoms with E-state index in [2.05, 4.69) is 5.32 Å². The Morgan fingerprint density at radius 1 is 1.17 bits per heavy atom. The molecule has 0 atom stereocenters. The first-order valence-corrected chi connectivity index (χ1v) is 9.08. The summed E-state index contributed by atoms with van der Waals surface area (Å²) < 4.78 is 7.34. The Morgan fingerprint density at radius 2 is 1.88 bits per heavy atom. The van der Waals surface area contributed by atoms with Crippen molar-refractivity contribution in [2.75, 3.05) is 32.8 Å². The highest BCUT2D eigenvalue weighted by atomic mass is 16.5. The number of hydrogen-bond donors (Lipinski definition) is 1. The average molecular weight is 333 g/mol. The van der Waals surface area contributed by atoms with E-state index in [4.69, 9.17) is 4.74 Å². The second-order valence-electron chi connectivity index (χ2n) is 6.65. The Bertz CT molecular complexity index is 600. The van der Waals surface area contributed by atoms with Gasteiger partial charge in [-0.05, 0) is 50.9 Å². The number of amides is 1. The van der Waals surface area contributed by atoms with Crippen LogP contribution in [-0.2, 0) is 4.79 Å². The zero-order chi connectivity index (χ0) is 16.8. The normalized spacial score (nSPS) is 19.8. The summed E-state index contributed by atoms with van der Waals surface area (Å²) in [6.07, 6.45) is 8.18. The molecular weight excluding hydrogens is 306 g/mol. The summed E-state index contributed by atoms with van der Waals surface area (Å²) in [5.41, 5.74) is -0.131. The zero-order valence-corrected chi connectivity index (χ0v) is 14.2. The second-order valence-corrected chi connectivity index (χ2v) is 6.65. The van der Waals surface area contributed by atoms with Gasteiger partial charge in [0.2, 0.25) is 0 Å². The van der Waals surface area contributed by atoms with Crippen molar-refractivity contribution in [3.05, 3.63) is 28.7 Å². The highest BCUT2D eigenvalue weighted by Crippen LogP contribution is 2.17. The molecule has 0 radical (unpaired) electrons. The molecule has 6 heteroatoms. The highest BCUT2D eigenvalue weighted by molar-refractivity contribution is 5.77. The molecule has 0 aliphatic carbocycles. The van der Waals surface area contributed by atoms with Gasteiger partial charge >= 0.3 is 0 Å². The maximum atomic E-state index is 12.6. The number of nitrogens with zero attached hydrogens (tertiary/aromatic N) is 2. The lowest BCUT2D eigenvalue weighted by Gasteiger charge is -2.25. The predicted molar refractivity (Wildman–Crippen MR) is 92.4 cm³/mol. The lowest BCUT2D eigenvalue weighted by Crippen LogP contribution is -2.37. The van der Waals surface area contributed by atoms with Gasteiger partial charge in [-0.15, -0.1) is 0 Å². The minimum absolute atomic E-state index is 0.0198. The largest absolute Gasteiger partial charge is 0.478 e. The number of hydrogen-bond acceptors (Lipinski definition) is 4. The third-order valence-electron chi connectivity index (χ3n) is 4.95. The van der Waals surface area contributed by atoms with Gasteiger partial charge in [-0.3, -0.25) is 9.59 Å². The molecule has 1 aromatic heterocycles. The molecule has 0 unspecified atom stereocenters.